The zero-order valence-electron chi connectivity index (χ0n) is 16.3. The summed E-state index contributed by atoms with van der Waals surface area (Å²) in [5.74, 6) is 0.790. The summed E-state index contributed by atoms with van der Waals surface area (Å²) < 4.78 is 0. The van der Waals surface area contributed by atoms with E-state index in [2.05, 4.69) is 73.2 Å². The molecule has 4 nitrogen and oxygen atoms in total. The number of aliphatic imine (C=N–C) groups is 1. The Hall–Kier alpha value is -0.800. The van der Waals surface area contributed by atoms with Crippen LogP contribution in [0, 0.1) is 6.92 Å². The van der Waals surface area contributed by atoms with Crippen LogP contribution in [0.25, 0.3) is 0 Å². The van der Waals surface area contributed by atoms with Crippen molar-refractivity contribution in [2.45, 2.75) is 51.1 Å². The minimum atomic E-state index is 0. The number of hydrogen-bond donors (Lipinski definition) is 2. The number of thiazole rings is 1. The number of guanidine groups is 1. The van der Waals surface area contributed by atoms with Crippen molar-refractivity contribution in [2.75, 3.05) is 13.3 Å². The maximum absolute atomic E-state index is 4.71. The number of thioether (sulfide) groups is 1. The van der Waals surface area contributed by atoms with Crippen molar-refractivity contribution in [2.24, 2.45) is 4.99 Å². The molecule has 0 spiro atoms. The van der Waals surface area contributed by atoms with Gasteiger partial charge in [0.15, 0.2) is 5.96 Å². The summed E-state index contributed by atoms with van der Waals surface area (Å²) in [7, 11) is 1.79. The number of nitrogens with one attached hydrogen (secondary N) is 2. The molecule has 0 aliphatic carbocycles. The van der Waals surface area contributed by atoms with Gasteiger partial charge < -0.3 is 10.6 Å². The molecule has 0 aliphatic rings. The maximum atomic E-state index is 4.71. The summed E-state index contributed by atoms with van der Waals surface area (Å²) in [4.78, 5) is 10.3. The van der Waals surface area contributed by atoms with Crippen LogP contribution in [0.5, 0.6) is 0 Å². The number of hydrogen-bond acceptors (Lipinski definition) is 4. The fraction of sp³-hybridized carbons (Fsp3) is 0.474. The molecule has 0 bridgehead atoms. The Morgan fingerprint density at radius 2 is 1.92 bits per heavy atom. The molecule has 1 aromatic carbocycles. The highest BCUT2D eigenvalue weighted by Crippen LogP contribution is 2.25. The van der Waals surface area contributed by atoms with E-state index in [1.807, 2.05) is 0 Å². The van der Waals surface area contributed by atoms with Gasteiger partial charge in [-0.25, -0.2) is 4.98 Å². The van der Waals surface area contributed by atoms with E-state index in [1.165, 1.54) is 16.0 Å². The van der Waals surface area contributed by atoms with E-state index in [-0.39, 0.29) is 29.4 Å². The lowest BCUT2D eigenvalue weighted by atomic mass is 9.98. The van der Waals surface area contributed by atoms with Crippen molar-refractivity contribution >= 4 is 53.0 Å². The molecular formula is C19H29IN4S2. The number of benzene rings is 1. The quantitative estimate of drug-likeness (QED) is 0.262. The van der Waals surface area contributed by atoms with Crippen LogP contribution in [0.4, 0.5) is 0 Å². The maximum Gasteiger partial charge on any atom is 0.191 e. The van der Waals surface area contributed by atoms with Crippen molar-refractivity contribution in [3.63, 3.8) is 0 Å². The van der Waals surface area contributed by atoms with Crippen molar-refractivity contribution < 1.29 is 0 Å². The highest BCUT2D eigenvalue weighted by Gasteiger charge is 2.17. The Kier molecular flexibility index (Phi) is 9.40. The average molecular weight is 505 g/mol. The van der Waals surface area contributed by atoms with Gasteiger partial charge in [-0.15, -0.1) is 47.1 Å². The van der Waals surface area contributed by atoms with Crippen LogP contribution in [0.1, 0.15) is 42.6 Å². The normalized spacial score (nSPS) is 11.8. The molecule has 0 fully saturated rings. The number of halogens is 1. The predicted molar refractivity (Wildman–Crippen MR) is 126 cm³/mol. The predicted octanol–water partition coefficient (Wildman–Crippen LogP) is 4.95. The van der Waals surface area contributed by atoms with Crippen LogP contribution in [0.15, 0.2) is 33.5 Å². The summed E-state index contributed by atoms with van der Waals surface area (Å²) in [6.45, 7) is 10.1. The molecule has 0 saturated heterocycles. The molecule has 1 heterocycles. The van der Waals surface area contributed by atoms with Gasteiger partial charge in [-0.05, 0) is 30.4 Å². The number of aromatic nitrogens is 1. The zero-order chi connectivity index (χ0) is 18.4. The lowest BCUT2D eigenvalue weighted by Gasteiger charge is -2.14. The molecule has 7 heteroatoms. The number of nitrogens with zero attached hydrogens (tertiary/aromatic N) is 2. The SMILES string of the molecule is CN=C(NCc1csc(C(C)(C)C)n1)NCc1ccc(C)cc1SC.I. The zero-order valence-corrected chi connectivity index (χ0v) is 20.3. The molecule has 0 aliphatic heterocycles. The highest BCUT2D eigenvalue weighted by molar-refractivity contribution is 14.0. The second kappa shape index (κ2) is 10.5. The lowest BCUT2D eigenvalue weighted by molar-refractivity contribution is 0.582. The first-order valence-electron chi connectivity index (χ1n) is 8.36. The van der Waals surface area contributed by atoms with Gasteiger partial charge in [-0.2, -0.15) is 0 Å². The van der Waals surface area contributed by atoms with Crippen LogP contribution in [0.3, 0.4) is 0 Å². The van der Waals surface area contributed by atoms with Gasteiger partial charge in [-0.1, -0.05) is 32.9 Å². The first-order chi connectivity index (χ1) is 11.8. The van der Waals surface area contributed by atoms with E-state index in [0.717, 1.165) is 23.2 Å². The van der Waals surface area contributed by atoms with Crippen LogP contribution in [-0.4, -0.2) is 24.2 Å². The van der Waals surface area contributed by atoms with Crippen molar-refractivity contribution in [1.82, 2.24) is 15.6 Å². The van der Waals surface area contributed by atoms with Crippen LogP contribution < -0.4 is 10.6 Å². The standard InChI is InChI=1S/C19H28N4S2.HI/c1-13-7-8-14(16(9-13)24-6)10-21-18(20-5)22-11-15-12-25-17(23-15)19(2,3)4;/h7-9,12H,10-11H2,1-6H3,(H2,20,21,22);1H. The fourth-order valence-corrected chi connectivity index (χ4v) is 3.92. The molecule has 144 valence electrons. The van der Waals surface area contributed by atoms with Gasteiger partial charge in [0.2, 0.25) is 0 Å². The molecule has 2 rings (SSSR count). The molecule has 1 aromatic heterocycles. The Morgan fingerprint density at radius 1 is 1.23 bits per heavy atom. The first-order valence-corrected chi connectivity index (χ1v) is 10.5. The molecule has 0 amide bonds. The fourth-order valence-electron chi connectivity index (χ4n) is 2.30. The molecule has 2 N–H and O–H groups in total. The Balaban J connectivity index is 0.00000338. The second-order valence-corrected chi connectivity index (χ2v) is 8.69. The van der Waals surface area contributed by atoms with Crippen LogP contribution >= 0.6 is 47.1 Å². The van der Waals surface area contributed by atoms with Gasteiger partial charge in [-0.3, -0.25) is 4.99 Å². The van der Waals surface area contributed by atoms with Crippen molar-refractivity contribution in [1.29, 1.82) is 0 Å². The molecule has 0 saturated carbocycles. The van der Waals surface area contributed by atoms with Gasteiger partial charge >= 0.3 is 0 Å². The molecule has 26 heavy (non-hydrogen) atoms. The summed E-state index contributed by atoms with van der Waals surface area (Å²) in [5.41, 5.74) is 3.72. The summed E-state index contributed by atoms with van der Waals surface area (Å²) >= 11 is 3.49. The van der Waals surface area contributed by atoms with Crippen LogP contribution in [-0.2, 0) is 18.5 Å². The second-order valence-electron chi connectivity index (χ2n) is 6.99. The van der Waals surface area contributed by atoms with Gasteiger partial charge in [0.25, 0.3) is 0 Å². The third-order valence-corrected chi connectivity index (χ3v) is 5.88. The smallest absolute Gasteiger partial charge is 0.191 e. The molecule has 0 radical (unpaired) electrons. The Labute approximate surface area is 182 Å². The Bertz CT molecular complexity index is 735. The van der Waals surface area contributed by atoms with Gasteiger partial charge in [0.05, 0.1) is 17.2 Å². The van der Waals surface area contributed by atoms with E-state index < -0.39 is 0 Å². The summed E-state index contributed by atoms with van der Waals surface area (Å²) in [5, 5.41) is 10.0. The third-order valence-electron chi connectivity index (χ3n) is 3.74. The van der Waals surface area contributed by atoms with Crippen molar-refractivity contribution in [3.05, 3.63) is 45.4 Å². The van der Waals surface area contributed by atoms with Gasteiger partial charge in [0.1, 0.15) is 0 Å². The molecular weight excluding hydrogens is 475 g/mol. The monoisotopic (exact) mass is 504 g/mol. The van der Waals surface area contributed by atoms with E-state index >= 15 is 0 Å². The highest BCUT2D eigenvalue weighted by atomic mass is 127. The van der Waals surface area contributed by atoms with E-state index in [0.29, 0.717) is 6.54 Å². The topological polar surface area (TPSA) is 49.3 Å². The van der Waals surface area contributed by atoms with Crippen LogP contribution in [0.2, 0.25) is 0 Å². The minimum Gasteiger partial charge on any atom is -0.352 e. The van der Waals surface area contributed by atoms with E-state index in [9.17, 15) is 0 Å². The van der Waals surface area contributed by atoms with E-state index in [4.69, 9.17) is 4.98 Å². The lowest BCUT2D eigenvalue weighted by Crippen LogP contribution is -2.36. The van der Waals surface area contributed by atoms with Gasteiger partial charge in [0, 0.05) is 29.3 Å². The molecule has 0 atom stereocenters. The summed E-state index contributed by atoms with van der Waals surface area (Å²) in [6, 6.07) is 6.55. The number of rotatable bonds is 5. The van der Waals surface area contributed by atoms with E-state index in [1.54, 1.807) is 30.1 Å². The first kappa shape index (κ1) is 23.2. The Morgan fingerprint density at radius 3 is 2.50 bits per heavy atom. The largest absolute Gasteiger partial charge is 0.352 e. The average Bonchev–Trinajstić information content (AvgIpc) is 3.05. The summed E-state index contributed by atoms with van der Waals surface area (Å²) in [6.07, 6.45) is 2.11. The third kappa shape index (κ3) is 6.74. The molecule has 0 unspecified atom stereocenters. The number of aryl methyl sites for hydroxylation is 1. The van der Waals surface area contributed by atoms with Crippen molar-refractivity contribution in [3.8, 4) is 0 Å². The minimum absolute atomic E-state index is 0. The molecule has 2 aromatic rings.